The van der Waals surface area contributed by atoms with Crippen LogP contribution in [0.2, 0.25) is 0 Å². The standard InChI is InChI=1S/C17H12F3NO4S/c1-26(23,24)14-3-2-13(12-7-17(19,20)16(22)15(12)14)25-11-5-9(8-21)4-10(18)6-11/h2-6,16,22H,7H2,1H3/t16-/m0/s1/i16D. The number of benzene rings is 2. The number of aliphatic hydroxyl groups is 1. The van der Waals surface area contributed by atoms with Crippen LogP contribution in [0.4, 0.5) is 13.2 Å². The Bertz CT molecular complexity index is 1090. The molecule has 1 aliphatic carbocycles. The molecule has 0 radical (unpaired) electrons. The number of nitriles is 1. The molecule has 0 bridgehead atoms. The van der Waals surface area contributed by atoms with Crippen LogP contribution in [0, 0.1) is 17.1 Å². The highest BCUT2D eigenvalue weighted by molar-refractivity contribution is 7.90. The molecule has 1 atom stereocenters. The lowest BCUT2D eigenvalue weighted by molar-refractivity contribution is -0.0976. The predicted molar refractivity (Wildman–Crippen MR) is 84.4 cm³/mol. The third-order valence-corrected chi connectivity index (χ3v) is 4.98. The number of nitrogens with zero attached hydrogens (tertiary/aromatic N) is 1. The van der Waals surface area contributed by atoms with Crippen LogP contribution in [0.1, 0.15) is 24.1 Å². The number of rotatable bonds is 3. The third-order valence-electron chi connectivity index (χ3n) is 3.84. The van der Waals surface area contributed by atoms with Crippen molar-refractivity contribution >= 4 is 9.84 Å². The minimum atomic E-state index is -4.03. The minimum Gasteiger partial charge on any atom is -0.457 e. The van der Waals surface area contributed by atoms with Gasteiger partial charge >= 0.3 is 0 Å². The topological polar surface area (TPSA) is 87.4 Å². The summed E-state index contributed by atoms with van der Waals surface area (Å²) in [5, 5.41) is 18.9. The van der Waals surface area contributed by atoms with Crippen molar-refractivity contribution in [1.29, 1.82) is 5.26 Å². The van der Waals surface area contributed by atoms with Gasteiger partial charge in [0.2, 0.25) is 0 Å². The molecular weight excluding hydrogens is 371 g/mol. The Morgan fingerprint density at radius 2 is 2.08 bits per heavy atom. The molecule has 1 aliphatic rings. The number of hydrogen-bond acceptors (Lipinski definition) is 5. The molecule has 0 aliphatic heterocycles. The molecule has 1 N–H and O–H groups in total. The van der Waals surface area contributed by atoms with E-state index in [0.717, 1.165) is 30.5 Å². The molecule has 0 unspecified atom stereocenters. The Labute approximate surface area is 148 Å². The monoisotopic (exact) mass is 384 g/mol. The summed E-state index contributed by atoms with van der Waals surface area (Å²) < 4.78 is 78.8. The minimum absolute atomic E-state index is 0.0725. The van der Waals surface area contributed by atoms with Crippen LogP contribution in [-0.2, 0) is 16.3 Å². The van der Waals surface area contributed by atoms with Crippen LogP contribution in [0.3, 0.4) is 0 Å². The highest BCUT2D eigenvalue weighted by atomic mass is 32.2. The van der Waals surface area contributed by atoms with Gasteiger partial charge in [-0.2, -0.15) is 5.26 Å². The SMILES string of the molecule is [2H][C@]1(O)c2c(S(C)(=O)=O)ccc(Oc3cc(F)cc(C#N)c3)c2CC1(F)F. The van der Waals surface area contributed by atoms with Crippen LogP contribution in [-0.4, -0.2) is 25.7 Å². The van der Waals surface area contributed by atoms with Gasteiger partial charge in [0.1, 0.15) is 23.4 Å². The molecule has 136 valence electrons. The van der Waals surface area contributed by atoms with Crippen molar-refractivity contribution in [3.8, 4) is 17.6 Å². The number of ether oxygens (including phenoxy) is 1. The van der Waals surface area contributed by atoms with Gasteiger partial charge < -0.3 is 9.84 Å². The Morgan fingerprint density at radius 1 is 1.38 bits per heavy atom. The Kier molecular flexibility index (Phi) is 3.89. The summed E-state index contributed by atoms with van der Waals surface area (Å²) >= 11 is 0. The molecule has 2 aromatic carbocycles. The van der Waals surface area contributed by atoms with Crippen molar-refractivity contribution < 1.29 is 32.8 Å². The van der Waals surface area contributed by atoms with E-state index >= 15 is 0 Å². The zero-order valence-electron chi connectivity index (χ0n) is 14.3. The normalized spacial score (nSPS) is 21.6. The molecule has 0 spiro atoms. The zero-order chi connectivity index (χ0) is 20.2. The lowest BCUT2D eigenvalue weighted by Gasteiger charge is -2.15. The first-order valence-corrected chi connectivity index (χ1v) is 9.11. The van der Waals surface area contributed by atoms with Crippen molar-refractivity contribution in [3.05, 3.63) is 52.8 Å². The second kappa shape index (κ2) is 6.00. The number of alkyl halides is 2. The van der Waals surface area contributed by atoms with E-state index in [2.05, 4.69) is 0 Å². The van der Waals surface area contributed by atoms with E-state index in [1.807, 2.05) is 0 Å². The number of sulfone groups is 1. The van der Waals surface area contributed by atoms with E-state index in [1.54, 1.807) is 6.07 Å². The summed E-state index contributed by atoms with van der Waals surface area (Å²) in [6.45, 7) is 0. The molecule has 0 fully saturated rings. The van der Waals surface area contributed by atoms with Crippen molar-refractivity contribution in [2.24, 2.45) is 0 Å². The molecule has 0 amide bonds. The molecule has 0 heterocycles. The van der Waals surface area contributed by atoms with Crippen molar-refractivity contribution in [2.45, 2.75) is 23.3 Å². The molecule has 2 aromatic rings. The second-order valence-corrected chi connectivity index (χ2v) is 7.79. The Morgan fingerprint density at radius 3 is 2.69 bits per heavy atom. The molecule has 3 rings (SSSR count). The fraction of sp³-hybridized carbons (Fsp3) is 0.235. The van der Waals surface area contributed by atoms with Gasteiger partial charge in [0.05, 0.1) is 17.9 Å². The van der Waals surface area contributed by atoms with Crippen molar-refractivity contribution in [2.75, 3.05) is 6.26 Å². The maximum atomic E-state index is 14.2. The van der Waals surface area contributed by atoms with Gasteiger partial charge in [-0.05, 0) is 24.3 Å². The third kappa shape index (κ3) is 3.13. The summed E-state index contributed by atoms with van der Waals surface area (Å²) in [4.78, 5) is -0.614. The van der Waals surface area contributed by atoms with Gasteiger partial charge in [-0.25, -0.2) is 21.6 Å². The molecule has 0 saturated carbocycles. The van der Waals surface area contributed by atoms with Gasteiger partial charge in [0.15, 0.2) is 9.84 Å². The summed E-state index contributed by atoms with van der Waals surface area (Å²) in [6.07, 6.45) is -3.84. The average molecular weight is 384 g/mol. The smallest absolute Gasteiger partial charge is 0.281 e. The fourth-order valence-electron chi connectivity index (χ4n) is 2.75. The fourth-order valence-corrected chi connectivity index (χ4v) is 3.65. The van der Waals surface area contributed by atoms with Gasteiger partial charge in [-0.15, -0.1) is 0 Å². The van der Waals surface area contributed by atoms with Crippen LogP contribution in [0.25, 0.3) is 0 Å². The van der Waals surface area contributed by atoms with E-state index in [1.165, 1.54) is 6.07 Å². The van der Waals surface area contributed by atoms with Crippen LogP contribution in [0.5, 0.6) is 11.5 Å². The lowest BCUT2D eigenvalue weighted by Crippen LogP contribution is -2.22. The molecule has 5 nitrogen and oxygen atoms in total. The van der Waals surface area contributed by atoms with Gasteiger partial charge in [-0.1, -0.05) is 0 Å². The number of fused-ring (bicyclic) bond motifs is 1. The van der Waals surface area contributed by atoms with E-state index in [4.69, 9.17) is 11.4 Å². The van der Waals surface area contributed by atoms with E-state index in [-0.39, 0.29) is 22.6 Å². The van der Waals surface area contributed by atoms with E-state index < -0.39 is 44.5 Å². The molecule has 0 aromatic heterocycles. The first kappa shape index (κ1) is 16.9. The molecule has 9 heteroatoms. The largest absolute Gasteiger partial charge is 0.457 e. The zero-order valence-corrected chi connectivity index (χ0v) is 14.1. The van der Waals surface area contributed by atoms with Crippen molar-refractivity contribution in [1.82, 2.24) is 0 Å². The van der Waals surface area contributed by atoms with E-state index in [0.29, 0.717) is 0 Å². The molecule has 26 heavy (non-hydrogen) atoms. The summed E-state index contributed by atoms with van der Waals surface area (Å²) in [5.74, 6) is -5.20. The number of halogens is 3. The Balaban J connectivity index is 2.20. The quantitative estimate of drug-likeness (QED) is 0.879. The predicted octanol–water partition coefficient (Wildman–Crippen LogP) is 3.12. The highest BCUT2D eigenvalue weighted by Crippen LogP contribution is 2.49. The molecular formula is C17H12F3NO4S. The first-order valence-electron chi connectivity index (χ1n) is 7.72. The van der Waals surface area contributed by atoms with Gasteiger partial charge in [0.25, 0.3) is 5.92 Å². The van der Waals surface area contributed by atoms with Crippen LogP contribution in [0.15, 0.2) is 35.2 Å². The lowest BCUT2D eigenvalue weighted by atomic mass is 10.1. The van der Waals surface area contributed by atoms with Crippen LogP contribution >= 0.6 is 0 Å². The van der Waals surface area contributed by atoms with Crippen LogP contribution < -0.4 is 4.74 Å². The van der Waals surface area contributed by atoms with Gasteiger partial charge in [-0.3, -0.25) is 0 Å². The Hall–Kier alpha value is -2.57. The number of hydrogen-bond donors (Lipinski definition) is 1. The first-order chi connectivity index (χ1) is 12.4. The summed E-state index contributed by atoms with van der Waals surface area (Å²) in [5.41, 5.74) is -1.22. The highest BCUT2D eigenvalue weighted by Gasteiger charge is 2.50. The second-order valence-electron chi connectivity index (χ2n) is 5.81. The maximum Gasteiger partial charge on any atom is 0.281 e. The van der Waals surface area contributed by atoms with E-state index in [9.17, 15) is 26.7 Å². The molecule has 0 saturated heterocycles. The van der Waals surface area contributed by atoms with Crippen molar-refractivity contribution in [3.63, 3.8) is 0 Å². The summed E-state index contributed by atoms with van der Waals surface area (Å²) in [7, 11) is -4.03. The van der Waals surface area contributed by atoms with Gasteiger partial charge in [0, 0.05) is 29.9 Å². The average Bonchev–Trinajstić information content (AvgIpc) is 2.72. The summed E-state index contributed by atoms with van der Waals surface area (Å²) in [6, 6.07) is 6.76. The maximum absolute atomic E-state index is 14.2.